The predicted octanol–water partition coefficient (Wildman–Crippen LogP) is 2.67. The summed E-state index contributed by atoms with van der Waals surface area (Å²) in [5.74, 6) is 1.64. The maximum absolute atomic E-state index is 12.2. The van der Waals surface area contributed by atoms with Crippen molar-refractivity contribution in [1.29, 1.82) is 0 Å². The normalized spacial score (nSPS) is 14.6. The topological polar surface area (TPSA) is 54.0 Å². The summed E-state index contributed by atoms with van der Waals surface area (Å²) < 4.78 is 11.0. The molecule has 1 N–H and O–H groups in total. The zero-order valence-electron chi connectivity index (χ0n) is 16.1. The minimum Gasteiger partial charge on any atom is -0.495 e. The molecule has 7 heteroatoms. The van der Waals surface area contributed by atoms with E-state index in [9.17, 15) is 4.79 Å². The zero-order chi connectivity index (χ0) is 19.8. The number of para-hydroxylation sites is 2. The lowest BCUT2D eigenvalue weighted by Crippen LogP contribution is -2.49. The molecule has 28 heavy (non-hydrogen) atoms. The molecule has 0 aromatic heterocycles. The summed E-state index contributed by atoms with van der Waals surface area (Å²) in [5.41, 5.74) is 1.11. The molecular weight excluding hydrogens is 378 g/mol. The lowest BCUT2D eigenvalue weighted by atomic mass is 10.2. The van der Waals surface area contributed by atoms with E-state index in [1.54, 1.807) is 19.2 Å². The van der Waals surface area contributed by atoms with Crippen LogP contribution in [0.2, 0.25) is 5.02 Å². The van der Waals surface area contributed by atoms with Crippen molar-refractivity contribution in [2.45, 2.75) is 0 Å². The number of rotatable bonds is 8. The molecule has 1 amide bonds. The van der Waals surface area contributed by atoms with Crippen LogP contribution in [0.15, 0.2) is 48.5 Å². The third-order valence-corrected chi connectivity index (χ3v) is 4.92. The van der Waals surface area contributed by atoms with Gasteiger partial charge in [0, 0.05) is 31.2 Å². The molecule has 150 valence electrons. The zero-order valence-corrected chi connectivity index (χ0v) is 16.8. The molecule has 6 nitrogen and oxygen atoms in total. The number of hydrogen-bond donors (Lipinski definition) is 1. The fraction of sp³-hybridized carbons (Fsp3) is 0.381. The number of nitrogens with one attached hydrogen (secondary N) is 1. The highest BCUT2D eigenvalue weighted by Crippen LogP contribution is 2.28. The van der Waals surface area contributed by atoms with E-state index in [-0.39, 0.29) is 5.91 Å². The first kappa shape index (κ1) is 20.3. The summed E-state index contributed by atoms with van der Waals surface area (Å²) in [5, 5.41) is 3.58. The second-order valence-corrected chi connectivity index (χ2v) is 7.02. The number of ether oxygens (including phenoxy) is 2. The summed E-state index contributed by atoms with van der Waals surface area (Å²) in [6.45, 7) is 4.72. The fourth-order valence-electron chi connectivity index (χ4n) is 3.19. The van der Waals surface area contributed by atoms with Crippen LogP contribution < -0.4 is 19.7 Å². The van der Waals surface area contributed by atoms with Crippen LogP contribution in [-0.4, -0.2) is 63.8 Å². The predicted molar refractivity (Wildman–Crippen MR) is 112 cm³/mol. The van der Waals surface area contributed by atoms with Crippen LogP contribution >= 0.6 is 11.6 Å². The minimum atomic E-state index is 0.0189. The lowest BCUT2D eigenvalue weighted by Gasteiger charge is -2.36. The summed E-state index contributed by atoms with van der Waals surface area (Å²) in [7, 11) is 1.69. The van der Waals surface area contributed by atoms with Crippen molar-refractivity contribution in [2.24, 2.45) is 0 Å². The van der Waals surface area contributed by atoms with Crippen molar-refractivity contribution in [3.8, 4) is 11.5 Å². The van der Waals surface area contributed by atoms with E-state index >= 15 is 0 Å². The van der Waals surface area contributed by atoms with Gasteiger partial charge in [-0.3, -0.25) is 9.69 Å². The molecule has 1 fully saturated rings. The van der Waals surface area contributed by atoms with Gasteiger partial charge in [0.15, 0.2) is 0 Å². The average Bonchev–Trinajstić information content (AvgIpc) is 2.73. The first-order valence-corrected chi connectivity index (χ1v) is 9.79. The first-order chi connectivity index (χ1) is 13.7. The minimum absolute atomic E-state index is 0.0189. The van der Waals surface area contributed by atoms with Gasteiger partial charge in [-0.1, -0.05) is 23.7 Å². The maximum atomic E-state index is 12.2. The number of amides is 1. The van der Waals surface area contributed by atoms with E-state index in [1.807, 2.05) is 30.3 Å². The van der Waals surface area contributed by atoms with Crippen molar-refractivity contribution in [1.82, 2.24) is 10.2 Å². The third kappa shape index (κ3) is 5.78. The van der Waals surface area contributed by atoms with Crippen molar-refractivity contribution in [2.75, 3.05) is 57.9 Å². The smallest absolute Gasteiger partial charge is 0.234 e. The SMILES string of the molecule is COc1ccccc1N1CCN(CC(=O)NCCOc2ccc(Cl)cc2)CC1. The van der Waals surface area contributed by atoms with Crippen molar-refractivity contribution < 1.29 is 14.3 Å². The van der Waals surface area contributed by atoms with E-state index in [0.29, 0.717) is 24.7 Å². The fourth-order valence-corrected chi connectivity index (χ4v) is 3.31. The van der Waals surface area contributed by atoms with Gasteiger partial charge in [0.2, 0.25) is 5.91 Å². The van der Waals surface area contributed by atoms with Gasteiger partial charge in [0.05, 0.1) is 25.9 Å². The summed E-state index contributed by atoms with van der Waals surface area (Å²) >= 11 is 5.84. The molecule has 0 unspecified atom stereocenters. The van der Waals surface area contributed by atoms with E-state index in [1.165, 1.54) is 0 Å². The van der Waals surface area contributed by atoms with Gasteiger partial charge >= 0.3 is 0 Å². The monoisotopic (exact) mass is 403 g/mol. The molecule has 2 aromatic rings. The average molecular weight is 404 g/mol. The number of benzene rings is 2. The maximum Gasteiger partial charge on any atom is 0.234 e. The van der Waals surface area contributed by atoms with Crippen molar-refractivity contribution in [3.05, 3.63) is 53.6 Å². The molecule has 1 aliphatic rings. The number of carbonyl (C=O) groups is 1. The summed E-state index contributed by atoms with van der Waals surface area (Å²) in [6.07, 6.45) is 0. The largest absolute Gasteiger partial charge is 0.495 e. The molecule has 0 spiro atoms. The van der Waals surface area contributed by atoms with Crippen LogP contribution in [0.3, 0.4) is 0 Å². The lowest BCUT2D eigenvalue weighted by molar-refractivity contribution is -0.122. The summed E-state index contributed by atoms with van der Waals surface area (Å²) in [6, 6.07) is 15.2. The Morgan fingerprint density at radius 3 is 2.50 bits per heavy atom. The number of halogens is 1. The molecule has 1 heterocycles. The highest BCUT2D eigenvalue weighted by molar-refractivity contribution is 6.30. The number of anilines is 1. The highest BCUT2D eigenvalue weighted by Gasteiger charge is 2.20. The standard InChI is InChI=1S/C21H26ClN3O3/c1-27-20-5-3-2-4-19(20)25-13-11-24(12-14-25)16-21(26)23-10-15-28-18-8-6-17(22)7-9-18/h2-9H,10-16H2,1H3,(H,23,26). The Balaban J connectivity index is 1.35. The molecular formula is C21H26ClN3O3. The van der Waals surface area contributed by atoms with Crippen LogP contribution in [0.5, 0.6) is 11.5 Å². The Labute approximate surface area is 171 Å². The Morgan fingerprint density at radius 2 is 1.79 bits per heavy atom. The van der Waals surface area contributed by atoms with Crippen molar-refractivity contribution in [3.63, 3.8) is 0 Å². The number of piperazine rings is 1. The van der Waals surface area contributed by atoms with Gasteiger partial charge in [-0.2, -0.15) is 0 Å². The van der Waals surface area contributed by atoms with Crippen LogP contribution in [0.25, 0.3) is 0 Å². The summed E-state index contributed by atoms with van der Waals surface area (Å²) in [4.78, 5) is 16.6. The number of methoxy groups -OCH3 is 1. The van der Waals surface area contributed by atoms with Crippen LogP contribution in [-0.2, 0) is 4.79 Å². The second-order valence-electron chi connectivity index (χ2n) is 6.59. The molecule has 1 saturated heterocycles. The first-order valence-electron chi connectivity index (χ1n) is 9.41. The van der Waals surface area contributed by atoms with E-state index < -0.39 is 0 Å². The quantitative estimate of drug-likeness (QED) is 0.687. The molecule has 2 aromatic carbocycles. The third-order valence-electron chi connectivity index (χ3n) is 4.67. The highest BCUT2D eigenvalue weighted by atomic mass is 35.5. The van der Waals surface area contributed by atoms with Crippen LogP contribution in [0.1, 0.15) is 0 Å². The van der Waals surface area contributed by atoms with E-state index in [4.69, 9.17) is 21.1 Å². The van der Waals surface area contributed by atoms with Gasteiger partial charge < -0.3 is 19.7 Å². The number of hydrogen-bond acceptors (Lipinski definition) is 5. The van der Waals surface area contributed by atoms with E-state index in [2.05, 4.69) is 21.2 Å². The van der Waals surface area contributed by atoms with Gasteiger partial charge in [0.1, 0.15) is 18.1 Å². The van der Waals surface area contributed by atoms with Gasteiger partial charge in [-0.15, -0.1) is 0 Å². The van der Waals surface area contributed by atoms with Gasteiger partial charge in [0.25, 0.3) is 0 Å². The molecule has 3 rings (SSSR count). The van der Waals surface area contributed by atoms with Crippen LogP contribution in [0, 0.1) is 0 Å². The van der Waals surface area contributed by atoms with E-state index in [0.717, 1.165) is 43.4 Å². The Kier molecular flexibility index (Phi) is 7.39. The second kappa shape index (κ2) is 10.2. The molecule has 1 aliphatic heterocycles. The molecule has 0 aliphatic carbocycles. The Hall–Kier alpha value is -2.44. The molecule has 0 radical (unpaired) electrons. The van der Waals surface area contributed by atoms with Gasteiger partial charge in [-0.05, 0) is 36.4 Å². The molecule has 0 saturated carbocycles. The van der Waals surface area contributed by atoms with Gasteiger partial charge in [-0.25, -0.2) is 0 Å². The number of carbonyl (C=O) groups excluding carboxylic acids is 1. The molecule has 0 bridgehead atoms. The van der Waals surface area contributed by atoms with Crippen LogP contribution in [0.4, 0.5) is 5.69 Å². The number of nitrogens with zero attached hydrogens (tertiary/aromatic N) is 2. The molecule has 0 atom stereocenters. The Morgan fingerprint density at radius 1 is 1.07 bits per heavy atom. The Bertz CT molecular complexity index is 762. The van der Waals surface area contributed by atoms with Crippen molar-refractivity contribution >= 4 is 23.2 Å².